The third-order valence-electron chi connectivity index (χ3n) is 3.91. The fourth-order valence-electron chi connectivity index (χ4n) is 2.35. The lowest BCUT2D eigenvalue weighted by atomic mass is 9.80. The highest BCUT2D eigenvalue weighted by atomic mass is 32.1. The molecule has 5 nitrogen and oxygen atoms in total. The fraction of sp³-hybridized carbons (Fsp3) is 0.714. The van der Waals surface area contributed by atoms with Crippen LogP contribution >= 0.6 is 11.3 Å². The number of thiazole rings is 1. The summed E-state index contributed by atoms with van der Waals surface area (Å²) in [5, 5.41) is 4.22. The Morgan fingerprint density at radius 1 is 1.55 bits per heavy atom. The van der Waals surface area contributed by atoms with Gasteiger partial charge in [0, 0.05) is 6.54 Å². The van der Waals surface area contributed by atoms with E-state index in [1.807, 2.05) is 0 Å². The largest absolute Gasteiger partial charge is 0.461 e. The van der Waals surface area contributed by atoms with Crippen LogP contribution in [0.2, 0.25) is 0 Å². The van der Waals surface area contributed by atoms with Crippen molar-refractivity contribution in [1.29, 1.82) is 0 Å². The number of rotatable bonds is 5. The summed E-state index contributed by atoms with van der Waals surface area (Å²) in [5.74, 6) is -0.343. The first-order valence-corrected chi connectivity index (χ1v) is 7.95. The third kappa shape index (κ3) is 3.70. The number of carbonyl (C=O) groups excluding carboxylic acids is 1. The van der Waals surface area contributed by atoms with Crippen LogP contribution in [0, 0.1) is 5.41 Å². The monoisotopic (exact) mass is 297 g/mol. The van der Waals surface area contributed by atoms with Crippen LogP contribution in [-0.2, 0) is 4.74 Å². The summed E-state index contributed by atoms with van der Waals surface area (Å²) in [4.78, 5) is 18.2. The summed E-state index contributed by atoms with van der Waals surface area (Å²) in [7, 11) is 2.16. The Morgan fingerprint density at radius 3 is 2.90 bits per heavy atom. The van der Waals surface area contributed by atoms with Gasteiger partial charge in [0.05, 0.1) is 12.1 Å². The van der Waals surface area contributed by atoms with Crippen molar-refractivity contribution in [1.82, 2.24) is 9.88 Å². The van der Waals surface area contributed by atoms with Crippen LogP contribution in [0.5, 0.6) is 0 Å². The van der Waals surface area contributed by atoms with Gasteiger partial charge in [-0.1, -0.05) is 6.92 Å². The minimum absolute atomic E-state index is 0.280. The van der Waals surface area contributed by atoms with Crippen molar-refractivity contribution in [3.63, 3.8) is 0 Å². The number of hydrogen-bond donors (Lipinski definition) is 1. The summed E-state index contributed by atoms with van der Waals surface area (Å²) < 4.78 is 5.02. The maximum atomic E-state index is 11.8. The van der Waals surface area contributed by atoms with Crippen LogP contribution < -0.4 is 5.32 Å². The van der Waals surface area contributed by atoms with Gasteiger partial charge in [-0.3, -0.25) is 0 Å². The zero-order valence-electron chi connectivity index (χ0n) is 12.4. The molecule has 1 fully saturated rings. The molecular weight excluding hydrogens is 274 g/mol. The molecule has 1 aliphatic rings. The molecule has 2 heterocycles. The van der Waals surface area contributed by atoms with Crippen molar-refractivity contribution in [3.8, 4) is 0 Å². The summed E-state index contributed by atoms with van der Waals surface area (Å²) >= 11 is 1.46. The lowest BCUT2D eigenvalue weighted by molar-refractivity contribution is 0.0521. The standard InChI is InChI=1S/C14H23N3O2S/c1-4-19-13(18)11-12(20-10-16-11)15-9-14(2)5-7-17(3)8-6-14/h10,15H,4-9H2,1-3H3. The van der Waals surface area contributed by atoms with E-state index in [0.717, 1.165) is 24.6 Å². The highest BCUT2D eigenvalue weighted by molar-refractivity contribution is 7.14. The van der Waals surface area contributed by atoms with Crippen LogP contribution in [0.1, 0.15) is 37.2 Å². The van der Waals surface area contributed by atoms with Crippen molar-refractivity contribution in [2.75, 3.05) is 38.6 Å². The average Bonchev–Trinajstić information content (AvgIpc) is 2.89. The molecular formula is C14H23N3O2S. The Bertz CT molecular complexity index is 453. The third-order valence-corrected chi connectivity index (χ3v) is 4.69. The first kappa shape index (κ1) is 15.3. The molecule has 0 aliphatic carbocycles. The first-order valence-electron chi connectivity index (χ1n) is 7.07. The molecule has 1 aromatic heterocycles. The zero-order valence-corrected chi connectivity index (χ0v) is 13.3. The number of likely N-dealkylation sites (tertiary alicyclic amines) is 1. The normalized spacial score (nSPS) is 18.8. The minimum Gasteiger partial charge on any atom is -0.461 e. The number of nitrogens with zero attached hydrogens (tertiary/aromatic N) is 2. The molecule has 1 aromatic rings. The van der Waals surface area contributed by atoms with Gasteiger partial charge in [0.15, 0.2) is 5.69 Å². The van der Waals surface area contributed by atoms with Crippen molar-refractivity contribution < 1.29 is 9.53 Å². The van der Waals surface area contributed by atoms with Gasteiger partial charge in [-0.15, -0.1) is 11.3 Å². The molecule has 0 amide bonds. The molecule has 0 aromatic carbocycles. The molecule has 0 atom stereocenters. The van der Waals surface area contributed by atoms with Crippen LogP contribution in [0.4, 0.5) is 5.00 Å². The first-order chi connectivity index (χ1) is 9.54. The van der Waals surface area contributed by atoms with E-state index in [9.17, 15) is 4.79 Å². The summed E-state index contributed by atoms with van der Waals surface area (Å²) in [6, 6.07) is 0. The number of anilines is 1. The summed E-state index contributed by atoms with van der Waals surface area (Å²) in [5.41, 5.74) is 2.38. The Labute approximate surface area is 124 Å². The van der Waals surface area contributed by atoms with E-state index >= 15 is 0 Å². The van der Waals surface area contributed by atoms with Gasteiger partial charge in [0.2, 0.25) is 0 Å². The van der Waals surface area contributed by atoms with Gasteiger partial charge in [0.25, 0.3) is 0 Å². The lowest BCUT2D eigenvalue weighted by Gasteiger charge is -2.38. The van der Waals surface area contributed by atoms with Crippen LogP contribution in [0.25, 0.3) is 0 Å². The highest BCUT2D eigenvalue weighted by Crippen LogP contribution is 2.32. The second kappa shape index (κ2) is 6.54. The average molecular weight is 297 g/mol. The number of aromatic nitrogens is 1. The smallest absolute Gasteiger partial charge is 0.360 e. The Hall–Kier alpha value is -1.14. The lowest BCUT2D eigenvalue weighted by Crippen LogP contribution is -2.40. The van der Waals surface area contributed by atoms with E-state index in [2.05, 4.69) is 29.2 Å². The van der Waals surface area contributed by atoms with Crippen LogP contribution in [0.15, 0.2) is 5.51 Å². The second-order valence-corrected chi connectivity index (χ2v) is 6.57. The van der Waals surface area contributed by atoms with E-state index in [-0.39, 0.29) is 11.4 Å². The van der Waals surface area contributed by atoms with Crippen molar-refractivity contribution in [2.24, 2.45) is 5.41 Å². The Balaban J connectivity index is 1.94. The molecule has 0 radical (unpaired) electrons. The Morgan fingerprint density at radius 2 is 2.25 bits per heavy atom. The van der Waals surface area contributed by atoms with Crippen LogP contribution in [-0.4, -0.2) is 49.1 Å². The van der Waals surface area contributed by atoms with Gasteiger partial charge >= 0.3 is 5.97 Å². The topological polar surface area (TPSA) is 54.5 Å². The SMILES string of the molecule is CCOC(=O)c1ncsc1NCC1(C)CCN(C)CC1. The fourth-order valence-corrected chi connectivity index (χ4v) is 3.01. The molecule has 0 bridgehead atoms. The second-order valence-electron chi connectivity index (χ2n) is 5.72. The van der Waals surface area contributed by atoms with Gasteiger partial charge in [0.1, 0.15) is 5.00 Å². The van der Waals surface area contributed by atoms with Gasteiger partial charge < -0.3 is 15.0 Å². The van der Waals surface area contributed by atoms with Crippen molar-refractivity contribution >= 4 is 22.3 Å². The highest BCUT2D eigenvalue weighted by Gasteiger charge is 2.29. The summed E-state index contributed by atoms with van der Waals surface area (Å²) in [6.07, 6.45) is 2.34. The molecule has 0 spiro atoms. The van der Waals surface area contributed by atoms with E-state index in [4.69, 9.17) is 4.74 Å². The predicted octanol–water partition coefficient (Wildman–Crippen LogP) is 2.46. The number of hydrogen-bond acceptors (Lipinski definition) is 6. The number of ether oxygens (including phenoxy) is 1. The number of esters is 1. The molecule has 1 aliphatic heterocycles. The molecule has 1 N–H and O–H groups in total. The van der Waals surface area contributed by atoms with E-state index < -0.39 is 0 Å². The molecule has 0 unspecified atom stereocenters. The predicted molar refractivity (Wildman–Crippen MR) is 81.4 cm³/mol. The number of carbonyl (C=O) groups is 1. The molecule has 1 saturated heterocycles. The van der Waals surface area contributed by atoms with Gasteiger partial charge in [-0.2, -0.15) is 0 Å². The van der Waals surface area contributed by atoms with E-state index in [1.165, 1.54) is 24.2 Å². The van der Waals surface area contributed by atoms with Crippen LogP contribution in [0.3, 0.4) is 0 Å². The Kier molecular flexibility index (Phi) is 4.99. The molecule has 20 heavy (non-hydrogen) atoms. The molecule has 0 saturated carbocycles. The molecule has 2 rings (SSSR count). The van der Waals surface area contributed by atoms with E-state index in [0.29, 0.717) is 12.3 Å². The van der Waals surface area contributed by atoms with Gasteiger partial charge in [-0.05, 0) is 45.3 Å². The minimum atomic E-state index is -0.343. The van der Waals surface area contributed by atoms with E-state index in [1.54, 1.807) is 12.4 Å². The zero-order chi connectivity index (χ0) is 14.6. The quantitative estimate of drug-likeness (QED) is 0.846. The summed E-state index contributed by atoms with van der Waals surface area (Å²) in [6.45, 7) is 7.61. The molecule has 6 heteroatoms. The molecule has 112 valence electrons. The maximum absolute atomic E-state index is 11.8. The van der Waals surface area contributed by atoms with Crippen molar-refractivity contribution in [3.05, 3.63) is 11.2 Å². The van der Waals surface area contributed by atoms with Gasteiger partial charge in [-0.25, -0.2) is 9.78 Å². The van der Waals surface area contributed by atoms with Crippen molar-refractivity contribution in [2.45, 2.75) is 26.7 Å². The number of nitrogens with one attached hydrogen (secondary N) is 1. The number of piperidine rings is 1. The maximum Gasteiger partial charge on any atom is 0.360 e.